The zero-order chi connectivity index (χ0) is 17.6. The lowest BCUT2D eigenvalue weighted by Gasteiger charge is -2.32. The standard InChI is InChI=1S/C17H21N5O3/c1-2-15-18-9-14(10-19-15)21-17(24)20-13-3-6-22(7-4-13)16(23)12-5-8-25-11-12/h5,8-11,13H,2-4,6-7H2,1H3,(H2,20,21,24). The fourth-order valence-electron chi connectivity index (χ4n) is 2.75. The van der Waals surface area contributed by atoms with E-state index in [0.717, 1.165) is 12.2 Å². The van der Waals surface area contributed by atoms with E-state index in [2.05, 4.69) is 20.6 Å². The first-order valence-corrected chi connectivity index (χ1v) is 8.35. The molecule has 25 heavy (non-hydrogen) atoms. The van der Waals surface area contributed by atoms with Gasteiger partial charge in [-0.25, -0.2) is 14.8 Å². The average Bonchev–Trinajstić information content (AvgIpc) is 3.17. The average molecular weight is 343 g/mol. The van der Waals surface area contributed by atoms with E-state index in [1.165, 1.54) is 12.5 Å². The zero-order valence-corrected chi connectivity index (χ0v) is 14.1. The van der Waals surface area contributed by atoms with Gasteiger partial charge in [0.2, 0.25) is 0 Å². The number of carbonyl (C=O) groups is 2. The summed E-state index contributed by atoms with van der Waals surface area (Å²) < 4.78 is 4.95. The molecule has 3 heterocycles. The quantitative estimate of drug-likeness (QED) is 0.885. The van der Waals surface area contributed by atoms with Gasteiger partial charge < -0.3 is 20.0 Å². The highest BCUT2D eigenvalue weighted by Gasteiger charge is 2.25. The molecule has 1 saturated heterocycles. The Morgan fingerprint density at radius 3 is 2.60 bits per heavy atom. The summed E-state index contributed by atoms with van der Waals surface area (Å²) in [6.07, 6.45) is 8.30. The summed E-state index contributed by atoms with van der Waals surface area (Å²) in [7, 11) is 0. The molecule has 0 spiro atoms. The molecular formula is C17H21N5O3. The number of likely N-dealkylation sites (tertiary alicyclic amines) is 1. The van der Waals surface area contributed by atoms with Gasteiger partial charge in [0, 0.05) is 25.6 Å². The second-order valence-electron chi connectivity index (χ2n) is 5.92. The smallest absolute Gasteiger partial charge is 0.319 e. The number of nitrogens with zero attached hydrogens (tertiary/aromatic N) is 3. The predicted octanol–water partition coefficient (Wildman–Crippen LogP) is 2.06. The molecule has 8 nitrogen and oxygen atoms in total. The van der Waals surface area contributed by atoms with Gasteiger partial charge in [-0.1, -0.05) is 6.92 Å². The summed E-state index contributed by atoms with van der Waals surface area (Å²) in [5.41, 5.74) is 1.11. The Labute approximate surface area is 145 Å². The van der Waals surface area contributed by atoms with Crippen LogP contribution in [-0.2, 0) is 6.42 Å². The highest BCUT2D eigenvalue weighted by Crippen LogP contribution is 2.14. The van der Waals surface area contributed by atoms with Crippen molar-refractivity contribution < 1.29 is 14.0 Å². The molecule has 0 radical (unpaired) electrons. The molecule has 2 aromatic heterocycles. The van der Waals surface area contributed by atoms with Crippen molar-refractivity contribution in [3.63, 3.8) is 0 Å². The maximum atomic E-state index is 12.2. The number of anilines is 1. The second kappa shape index (κ2) is 7.78. The molecular weight excluding hydrogens is 322 g/mol. The third-order valence-electron chi connectivity index (χ3n) is 4.16. The van der Waals surface area contributed by atoms with Crippen molar-refractivity contribution >= 4 is 17.6 Å². The highest BCUT2D eigenvalue weighted by atomic mass is 16.3. The minimum Gasteiger partial charge on any atom is -0.472 e. The van der Waals surface area contributed by atoms with Gasteiger partial charge in [-0.2, -0.15) is 0 Å². The summed E-state index contributed by atoms with van der Waals surface area (Å²) >= 11 is 0. The van der Waals surface area contributed by atoms with Gasteiger partial charge in [-0.05, 0) is 18.9 Å². The van der Waals surface area contributed by atoms with Gasteiger partial charge in [-0.3, -0.25) is 4.79 Å². The molecule has 0 aliphatic carbocycles. The fraction of sp³-hybridized carbons (Fsp3) is 0.412. The maximum absolute atomic E-state index is 12.2. The Kier molecular flexibility index (Phi) is 5.27. The van der Waals surface area contributed by atoms with Crippen LogP contribution < -0.4 is 10.6 Å². The molecule has 2 N–H and O–H groups in total. The molecule has 0 unspecified atom stereocenters. The van der Waals surface area contributed by atoms with Crippen LogP contribution in [0.4, 0.5) is 10.5 Å². The number of piperidine rings is 1. The lowest BCUT2D eigenvalue weighted by atomic mass is 10.0. The maximum Gasteiger partial charge on any atom is 0.319 e. The van der Waals surface area contributed by atoms with Crippen molar-refractivity contribution in [2.45, 2.75) is 32.2 Å². The van der Waals surface area contributed by atoms with Gasteiger partial charge in [0.1, 0.15) is 12.1 Å². The van der Waals surface area contributed by atoms with E-state index in [0.29, 0.717) is 37.2 Å². The SMILES string of the molecule is CCc1ncc(NC(=O)NC2CCN(C(=O)c3ccoc3)CC2)cn1. The van der Waals surface area contributed by atoms with Crippen LogP contribution >= 0.6 is 0 Å². The first-order chi connectivity index (χ1) is 12.2. The van der Waals surface area contributed by atoms with Crippen LogP contribution in [0.2, 0.25) is 0 Å². The van der Waals surface area contributed by atoms with Crippen LogP contribution in [-0.4, -0.2) is 45.9 Å². The second-order valence-corrected chi connectivity index (χ2v) is 5.92. The normalized spacial score (nSPS) is 15.0. The third-order valence-corrected chi connectivity index (χ3v) is 4.16. The van der Waals surface area contributed by atoms with Crippen LogP contribution in [0.25, 0.3) is 0 Å². The van der Waals surface area contributed by atoms with Gasteiger partial charge in [0.25, 0.3) is 5.91 Å². The van der Waals surface area contributed by atoms with E-state index in [9.17, 15) is 9.59 Å². The zero-order valence-electron chi connectivity index (χ0n) is 14.1. The highest BCUT2D eigenvalue weighted by molar-refractivity contribution is 5.94. The lowest BCUT2D eigenvalue weighted by Crippen LogP contribution is -2.47. The van der Waals surface area contributed by atoms with E-state index in [1.54, 1.807) is 23.4 Å². The van der Waals surface area contributed by atoms with Gasteiger partial charge >= 0.3 is 6.03 Å². The van der Waals surface area contributed by atoms with E-state index >= 15 is 0 Å². The van der Waals surface area contributed by atoms with E-state index < -0.39 is 0 Å². The van der Waals surface area contributed by atoms with Crippen LogP contribution in [0, 0.1) is 0 Å². The summed E-state index contributed by atoms with van der Waals surface area (Å²) in [6.45, 7) is 3.17. The number of amides is 3. The van der Waals surface area contributed by atoms with Crippen LogP contribution in [0.5, 0.6) is 0 Å². The predicted molar refractivity (Wildman–Crippen MR) is 91.2 cm³/mol. The summed E-state index contributed by atoms with van der Waals surface area (Å²) in [6, 6.07) is 1.41. The number of urea groups is 1. The molecule has 1 aliphatic rings. The number of rotatable bonds is 4. The van der Waals surface area contributed by atoms with Crippen molar-refractivity contribution in [1.82, 2.24) is 20.2 Å². The number of hydrogen-bond donors (Lipinski definition) is 2. The Balaban J connectivity index is 1.45. The Bertz CT molecular complexity index is 706. The Hall–Kier alpha value is -2.90. The number of carbonyl (C=O) groups excluding carboxylic acids is 2. The molecule has 8 heteroatoms. The molecule has 1 fully saturated rings. The Morgan fingerprint density at radius 2 is 2.00 bits per heavy atom. The summed E-state index contributed by atoms with van der Waals surface area (Å²) in [5, 5.41) is 5.66. The topological polar surface area (TPSA) is 100 Å². The molecule has 3 rings (SSSR count). The molecule has 2 aromatic rings. The van der Waals surface area contributed by atoms with Crippen molar-refractivity contribution in [3.8, 4) is 0 Å². The van der Waals surface area contributed by atoms with E-state index in [4.69, 9.17) is 4.42 Å². The number of aryl methyl sites for hydroxylation is 1. The Morgan fingerprint density at radius 1 is 1.28 bits per heavy atom. The molecule has 132 valence electrons. The van der Waals surface area contributed by atoms with Crippen molar-refractivity contribution in [1.29, 1.82) is 0 Å². The van der Waals surface area contributed by atoms with Crippen molar-refractivity contribution in [3.05, 3.63) is 42.4 Å². The summed E-state index contributed by atoms with van der Waals surface area (Å²) in [4.78, 5) is 34.4. The summed E-state index contributed by atoms with van der Waals surface area (Å²) in [5.74, 6) is 0.699. The molecule has 0 bridgehead atoms. The number of nitrogens with one attached hydrogen (secondary N) is 2. The minimum atomic E-state index is -0.285. The van der Waals surface area contributed by atoms with Crippen molar-refractivity contribution in [2.75, 3.05) is 18.4 Å². The molecule has 3 amide bonds. The van der Waals surface area contributed by atoms with Crippen molar-refractivity contribution in [2.24, 2.45) is 0 Å². The van der Waals surface area contributed by atoms with E-state index in [-0.39, 0.29) is 18.0 Å². The van der Waals surface area contributed by atoms with Crippen LogP contribution in [0.3, 0.4) is 0 Å². The fourth-order valence-corrected chi connectivity index (χ4v) is 2.75. The van der Waals surface area contributed by atoms with Gasteiger partial charge in [0.05, 0.1) is 29.9 Å². The minimum absolute atomic E-state index is 0.0317. The molecule has 0 atom stereocenters. The molecule has 0 saturated carbocycles. The third kappa shape index (κ3) is 4.34. The molecule has 1 aliphatic heterocycles. The van der Waals surface area contributed by atoms with Crippen LogP contribution in [0.15, 0.2) is 35.4 Å². The number of furan rings is 1. The largest absolute Gasteiger partial charge is 0.472 e. The first-order valence-electron chi connectivity index (χ1n) is 8.35. The lowest BCUT2D eigenvalue weighted by molar-refractivity contribution is 0.0708. The van der Waals surface area contributed by atoms with Gasteiger partial charge in [0.15, 0.2) is 0 Å². The monoisotopic (exact) mass is 343 g/mol. The number of hydrogen-bond acceptors (Lipinski definition) is 5. The number of aromatic nitrogens is 2. The van der Waals surface area contributed by atoms with E-state index in [1.807, 2.05) is 6.92 Å². The van der Waals surface area contributed by atoms with Gasteiger partial charge in [-0.15, -0.1) is 0 Å². The van der Waals surface area contributed by atoms with Crippen LogP contribution in [0.1, 0.15) is 35.9 Å². The molecule has 0 aromatic carbocycles. The first kappa shape index (κ1) is 16.9.